The molecule has 1 fully saturated rings. The lowest BCUT2D eigenvalue weighted by Crippen LogP contribution is -2.16. The molecule has 1 aromatic rings. The summed E-state index contributed by atoms with van der Waals surface area (Å²) in [5, 5.41) is 3.38. The van der Waals surface area contributed by atoms with Crippen LogP contribution in [0.3, 0.4) is 0 Å². The first kappa shape index (κ1) is 14.3. The molecule has 1 aliphatic carbocycles. The van der Waals surface area contributed by atoms with Gasteiger partial charge in [0.15, 0.2) is 0 Å². The molecule has 0 unspecified atom stereocenters. The van der Waals surface area contributed by atoms with Crippen LogP contribution < -0.4 is 5.32 Å². The predicted molar refractivity (Wildman–Crippen MR) is 80.5 cm³/mol. The van der Waals surface area contributed by atoms with Gasteiger partial charge in [-0.2, -0.15) is 0 Å². The van der Waals surface area contributed by atoms with E-state index in [2.05, 4.69) is 37.1 Å². The number of hydrogen-bond donors (Lipinski definition) is 1. The summed E-state index contributed by atoms with van der Waals surface area (Å²) in [6, 6.07) is 2.05. The molecule has 0 aromatic carbocycles. The Hall–Kier alpha value is -1.12. The van der Waals surface area contributed by atoms with Crippen molar-refractivity contribution in [3.05, 3.63) is 17.6 Å². The molecule has 1 aromatic heterocycles. The third-order valence-corrected chi connectivity index (χ3v) is 4.22. The Labute approximate surface area is 117 Å². The molecule has 0 amide bonds. The Balaban J connectivity index is 2.05. The standard InChI is InChI=1S/C16H27N3/c1-4-10-17-15-11-12(3)18-16(19-15)14-8-6-13(5-2)7-9-14/h11,13-14H,4-10H2,1-3H3,(H,17,18,19). The number of hydrogen-bond acceptors (Lipinski definition) is 3. The van der Waals surface area contributed by atoms with Crippen LogP contribution in [-0.2, 0) is 0 Å². The van der Waals surface area contributed by atoms with E-state index in [0.29, 0.717) is 5.92 Å². The molecule has 3 nitrogen and oxygen atoms in total. The molecule has 0 aliphatic heterocycles. The average molecular weight is 261 g/mol. The van der Waals surface area contributed by atoms with E-state index in [0.717, 1.165) is 36.2 Å². The molecule has 0 saturated heterocycles. The van der Waals surface area contributed by atoms with Gasteiger partial charge in [-0.15, -0.1) is 0 Å². The summed E-state index contributed by atoms with van der Waals surface area (Å²) in [7, 11) is 0. The Morgan fingerprint density at radius 1 is 1.16 bits per heavy atom. The SMILES string of the molecule is CCCNc1cc(C)nc(C2CCC(CC)CC2)n1. The molecule has 1 aliphatic rings. The molecule has 19 heavy (non-hydrogen) atoms. The topological polar surface area (TPSA) is 37.8 Å². The second-order valence-corrected chi connectivity index (χ2v) is 5.81. The van der Waals surface area contributed by atoms with Crippen molar-refractivity contribution in [2.75, 3.05) is 11.9 Å². The second-order valence-electron chi connectivity index (χ2n) is 5.81. The smallest absolute Gasteiger partial charge is 0.134 e. The molecule has 2 rings (SSSR count). The Morgan fingerprint density at radius 3 is 2.53 bits per heavy atom. The Bertz CT molecular complexity index is 395. The Kier molecular flexibility index (Phi) is 5.17. The third kappa shape index (κ3) is 3.92. The van der Waals surface area contributed by atoms with E-state index in [-0.39, 0.29) is 0 Å². The number of anilines is 1. The highest BCUT2D eigenvalue weighted by Crippen LogP contribution is 2.35. The minimum atomic E-state index is 0.574. The van der Waals surface area contributed by atoms with Gasteiger partial charge in [-0.1, -0.05) is 20.3 Å². The van der Waals surface area contributed by atoms with E-state index in [4.69, 9.17) is 4.98 Å². The zero-order chi connectivity index (χ0) is 13.7. The quantitative estimate of drug-likeness (QED) is 0.859. The van der Waals surface area contributed by atoms with Crippen molar-refractivity contribution < 1.29 is 0 Å². The van der Waals surface area contributed by atoms with Crippen LogP contribution in [0.5, 0.6) is 0 Å². The van der Waals surface area contributed by atoms with Crippen molar-refractivity contribution >= 4 is 5.82 Å². The maximum absolute atomic E-state index is 4.72. The van der Waals surface area contributed by atoms with Gasteiger partial charge in [0, 0.05) is 24.2 Å². The van der Waals surface area contributed by atoms with Crippen LogP contribution in [0.1, 0.15) is 69.8 Å². The van der Waals surface area contributed by atoms with Crippen LogP contribution in [-0.4, -0.2) is 16.5 Å². The molecule has 0 bridgehead atoms. The van der Waals surface area contributed by atoms with Crippen molar-refractivity contribution in [3.63, 3.8) is 0 Å². The first-order chi connectivity index (χ1) is 9.22. The van der Waals surface area contributed by atoms with Crippen molar-refractivity contribution in [1.82, 2.24) is 9.97 Å². The van der Waals surface area contributed by atoms with Gasteiger partial charge in [-0.25, -0.2) is 9.97 Å². The van der Waals surface area contributed by atoms with Gasteiger partial charge < -0.3 is 5.32 Å². The number of nitrogens with zero attached hydrogens (tertiary/aromatic N) is 2. The highest BCUT2D eigenvalue weighted by atomic mass is 15.0. The molecular weight excluding hydrogens is 234 g/mol. The largest absolute Gasteiger partial charge is 0.370 e. The maximum Gasteiger partial charge on any atom is 0.134 e. The number of aryl methyl sites for hydroxylation is 1. The summed E-state index contributed by atoms with van der Waals surface area (Å²) in [4.78, 5) is 9.39. The molecule has 1 saturated carbocycles. The van der Waals surface area contributed by atoms with E-state index < -0.39 is 0 Å². The first-order valence-electron chi connectivity index (χ1n) is 7.82. The number of nitrogens with one attached hydrogen (secondary N) is 1. The van der Waals surface area contributed by atoms with Gasteiger partial charge in [-0.05, 0) is 44.9 Å². The lowest BCUT2D eigenvalue weighted by atomic mass is 9.80. The predicted octanol–water partition coefficient (Wildman–Crippen LogP) is 4.29. The van der Waals surface area contributed by atoms with Crippen LogP contribution >= 0.6 is 0 Å². The highest BCUT2D eigenvalue weighted by molar-refractivity contribution is 5.36. The van der Waals surface area contributed by atoms with E-state index in [1.54, 1.807) is 0 Å². The minimum absolute atomic E-state index is 0.574. The zero-order valence-electron chi connectivity index (χ0n) is 12.6. The lowest BCUT2D eigenvalue weighted by molar-refractivity contribution is 0.312. The first-order valence-corrected chi connectivity index (χ1v) is 7.82. The van der Waals surface area contributed by atoms with E-state index in [9.17, 15) is 0 Å². The molecule has 0 atom stereocenters. The fraction of sp³-hybridized carbons (Fsp3) is 0.750. The highest BCUT2D eigenvalue weighted by Gasteiger charge is 2.23. The molecule has 0 spiro atoms. The van der Waals surface area contributed by atoms with Gasteiger partial charge in [0.25, 0.3) is 0 Å². The second kappa shape index (κ2) is 6.88. The van der Waals surface area contributed by atoms with E-state index in [1.807, 2.05) is 0 Å². The molecule has 106 valence electrons. The van der Waals surface area contributed by atoms with Crippen molar-refractivity contribution in [2.24, 2.45) is 5.92 Å². The minimum Gasteiger partial charge on any atom is -0.370 e. The summed E-state index contributed by atoms with van der Waals surface area (Å²) in [5.74, 6) is 3.57. The number of aromatic nitrogens is 2. The summed E-state index contributed by atoms with van der Waals surface area (Å²) in [5.41, 5.74) is 1.08. The van der Waals surface area contributed by atoms with E-state index >= 15 is 0 Å². The molecule has 1 heterocycles. The van der Waals surface area contributed by atoms with Crippen LogP contribution in [0.4, 0.5) is 5.82 Å². The van der Waals surface area contributed by atoms with Crippen LogP contribution in [0, 0.1) is 12.8 Å². The summed E-state index contributed by atoms with van der Waals surface area (Å²) < 4.78 is 0. The van der Waals surface area contributed by atoms with Gasteiger partial charge in [0.2, 0.25) is 0 Å². The molecule has 1 N–H and O–H groups in total. The Morgan fingerprint density at radius 2 is 1.89 bits per heavy atom. The fourth-order valence-electron chi connectivity index (χ4n) is 2.95. The summed E-state index contributed by atoms with van der Waals surface area (Å²) >= 11 is 0. The average Bonchev–Trinajstić information content (AvgIpc) is 2.44. The lowest BCUT2D eigenvalue weighted by Gasteiger charge is -2.27. The van der Waals surface area contributed by atoms with Gasteiger partial charge in [-0.3, -0.25) is 0 Å². The summed E-state index contributed by atoms with van der Waals surface area (Å²) in [6.07, 6.45) is 7.65. The monoisotopic (exact) mass is 261 g/mol. The van der Waals surface area contributed by atoms with E-state index in [1.165, 1.54) is 32.1 Å². The van der Waals surface area contributed by atoms with Gasteiger partial charge >= 0.3 is 0 Å². The molecule has 0 radical (unpaired) electrons. The van der Waals surface area contributed by atoms with Crippen molar-refractivity contribution in [1.29, 1.82) is 0 Å². The zero-order valence-corrected chi connectivity index (χ0v) is 12.6. The van der Waals surface area contributed by atoms with Crippen LogP contribution in [0.25, 0.3) is 0 Å². The number of rotatable bonds is 5. The van der Waals surface area contributed by atoms with Crippen molar-refractivity contribution in [2.45, 2.75) is 65.2 Å². The van der Waals surface area contributed by atoms with Gasteiger partial charge in [0.1, 0.15) is 11.6 Å². The van der Waals surface area contributed by atoms with Gasteiger partial charge in [0.05, 0.1) is 0 Å². The fourth-order valence-corrected chi connectivity index (χ4v) is 2.95. The van der Waals surface area contributed by atoms with Crippen LogP contribution in [0.2, 0.25) is 0 Å². The molecular formula is C16H27N3. The summed E-state index contributed by atoms with van der Waals surface area (Å²) in [6.45, 7) is 7.54. The maximum atomic E-state index is 4.72. The van der Waals surface area contributed by atoms with Crippen LogP contribution in [0.15, 0.2) is 6.07 Å². The third-order valence-electron chi connectivity index (χ3n) is 4.22. The molecule has 3 heteroatoms. The van der Waals surface area contributed by atoms with Crippen molar-refractivity contribution in [3.8, 4) is 0 Å². The normalized spacial score (nSPS) is 23.3.